The smallest absolute Gasteiger partial charge is 0.255 e. The normalized spacial score (nSPS) is 17.0. The van der Waals surface area contributed by atoms with Gasteiger partial charge in [0.2, 0.25) is 10.0 Å². The first kappa shape index (κ1) is 22.3. The second-order valence-electron chi connectivity index (χ2n) is 8.62. The highest BCUT2D eigenvalue weighted by Gasteiger charge is 2.30. The van der Waals surface area contributed by atoms with Crippen molar-refractivity contribution in [2.75, 3.05) is 11.9 Å². The van der Waals surface area contributed by atoms with Gasteiger partial charge in [-0.25, -0.2) is 13.4 Å². The van der Waals surface area contributed by atoms with Crippen LogP contribution in [0.4, 0.5) is 5.69 Å². The first-order valence-corrected chi connectivity index (χ1v) is 12.8. The fourth-order valence-corrected chi connectivity index (χ4v) is 6.08. The number of hydrogen-bond acceptors (Lipinski definition) is 4. The Hall–Kier alpha value is -3.49. The van der Waals surface area contributed by atoms with Crippen LogP contribution >= 0.6 is 0 Å². The first-order valence-electron chi connectivity index (χ1n) is 11.4. The highest BCUT2D eigenvalue weighted by Crippen LogP contribution is 2.26. The number of amides is 1. The molecule has 1 saturated heterocycles. The largest absolute Gasteiger partial charge is 0.338 e. The van der Waals surface area contributed by atoms with Crippen LogP contribution in [0.1, 0.15) is 36.5 Å². The number of hydrogen-bond donors (Lipinski definition) is 2. The summed E-state index contributed by atoms with van der Waals surface area (Å²) in [5.74, 6) is 0.413. The van der Waals surface area contributed by atoms with Crippen molar-refractivity contribution in [2.24, 2.45) is 0 Å². The van der Waals surface area contributed by atoms with E-state index in [2.05, 4.69) is 15.3 Å². The van der Waals surface area contributed by atoms with Crippen LogP contribution in [-0.2, 0) is 10.0 Å². The zero-order valence-electron chi connectivity index (χ0n) is 18.9. The van der Waals surface area contributed by atoms with Gasteiger partial charge in [0.1, 0.15) is 5.82 Å². The van der Waals surface area contributed by atoms with E-state index in [4.69, 9.17) is 0 Å². The van der Waals surface area contributed by atoms with Crippen molar-refractivity contribution >= 4 is 32.7 Å². The van der Waals surface area contributed by atoms with Gasteiger partial charge in [-0.2, -0.15) is 4.31 Å². The van der Waals surface area contributed by atoms with E-state index in [1.54, 1.807) is 22.5 Å². The zero-order chi connectivity index (χ0) is 23.7. The summed E-state index contributed by atoms with van der Waals surface area (Å²) < 4.78 is 27.6. The molecule has 1 aliphatic rings. The monoisotopic (exact) mass is 474 g/mol. The summed E-state index contributed by atoms with van der Waals surface area (Å²) in [6.07, 6.45) is 2.79. The maximum atomic E-state index is 13.0. The maximum Gasteiger partial charge on any atom is 0.255 e. The summed E-state index contributed by atoms with van der Waals surface area (Å²) in [6, 6.07) is 21.4. The van der Waals surface area contributed by atoms with Gasteiger partial charge in [-0.05, 0) is 68.3 Å². The van der Waals surface area contributed by atoms with E-state index in [9.17, 15) is 13.2 Å². The number of piperidine rings is 1. The van der Waals surface area contributed by atoms with Crippen LogP contribution in [0.5, 0.6) is 0 Å². The molecule has 5 rings (SSSR count). The summed E-state index contributed by atoms with van der Waals surface area (Å²) in [4.78, 5) is 20.9. The van der Waals surface area contributed by atoms with Crippen molar-refractivity contribution in [1.82, 2.24) is 14.3 Å². The zero-order valence-corrected chi connectivity index (χ0v) is 19.7. The maximum absolute atomic E-state index is 13.0. The number of sulfonamides is 1. The quantitative estimate of drug-likeness (QED) is 0.423. The van der Waals surface area contributed by atoms with Crippen molar-refractivity contribution in [3.8, 4) is 11.4 Å². The van der Waals surface area contributed by atoms with Crippen LogP contribution in [0, 0.1) is 0 Å². The summed E-state index contributed by atoms with van der Waals surface area (Å²) in [5, 5.41) is 2.89. The number of H-pyrrole nitrogens is 1. The molecular formula is C26H26N4O3S. The number of fused-ring (bicyclic) bond motifs is 1. The van der Waals surface area contributed by atoms with Crippen LogP contribution in [-0.4, -0.2) is 41.2 Å². The van der Waals surface area contributed by atoms with Gasteiger partial charge in [-0.15, -0.1) is 0 Å². The van der Waals surface area contributed by atoms with Crippen molar-refractivity contribution in [3.63, 3.8) is 0 Å². The van der Waals surface area contributed by atoms with E-state index in [0.717, 1.165) is 41.7 Å². The number of rotatable bonds is 5. The molecule has 0 unspecified atom stereocenters. The molecule has 0 radical (unpaired) electrons. The molecule has 1 amide bonds. The Bertz CT molecular complexity index is 1410. The fraction of sp³-hybridized carbons (Fsp3) is 0.231. The lowest BCUT2D eigenvalue weighted by atomic mass is 10.1. The molecule has 7 nitrogen and oxygen atoms in total. The van der Waals surface area contributed by atoms with Gasteiger partial charge < -0.3 is 10.3 Å². The lowest BCUT2D eigenvalue weighted by Crippen LogP contribution is -2.41. The molecule has 174 valence electrons. The number of carbonyl (C=O) groups is 1. The lowest BCUT2D eigenvalue weighted by Gasteiger charge is -2.32. The lowest BCUT2D eigenvalue weighted by molar-refractivity contribution is 0.102. The summed E-state index contributed by atoms with van der Waals surface area (Å²) in [5.41, 5.74) is 3.69. The number of carbonyl (C=O) groups excluding carboxylic acids is 1. The van der Waals surface area contributed by atoms with Crippen LogP contribution in [0.15, 0.2) is 77.7 Å². The number of imidazole rings is 1. The Morgan fingerprint density at radius 3 is 2.59 bits per heavy atom. The molecule has 0 aliphatic carbocycles. The van der Waals surface area contributed by atoms with Gasteiger partial charge in [0.25, 0.3) is 5.91 Å². The molecule has 8 heteroatoms. The molecule has 4 aromatic rings. The van der Waals surface area contributed by atoms with Gasteiger partial charge in [-0.3, -0.25) is 4.79 Å². The molecule has 1 aliphatic heterocycles. The summed E-state index contributed by atoms with van der Waals surface area (Å²) in [6.45, 7) is 2.48. The Labute approximate surface area is 198 Å². The molecule has 1 aromatic heterocycles. The number of anilines is 1. The molecule has 2 heterocycles. The van der Waals surface area contributed by atoms with Crippen molar-refractivity contribution in [1.29, 1.82) is 0 Å². The van der Waals surface area contributed by atoms with Gasteiger partial charge in [0, 0.05) is 29.4 Å². The molecule has 3 aromatic carbocycles. The SMILES string of the molecule is C[C@@H]1CCCCN1S(=O)(=O)c1ccc(C(=O)Nc2cccc(-c3nc4ccccc4[nH]3)c2)cc1. The molecule has 1 fully saturated rings. The van der Waals surface area contributed by atoms with Crippen LogP contribution in [0.2, 0.25) is 0 Å². The van der Waals surface area contributed by atoms with Gasteiger partial charge >= 0.3 is 0 Å². The second-order valence-corrected chi connectivity index (χ2v) is 10.5. The third-order valence-corrected chi connectivity index (χ3v) is 8.28. The highest BCUT2D eigenvalue weighted by molar-refractivity contribution is 7.89. The van der Waals surface area contributed by atoms with Crippen molar-refractivity contribution < 1.29 is 13.2 Å². The number of aromatic nitrogens is 2. The summed E-state index contributed by atoms with van der Waals surface area (Å²) in [7, 11) is -3.57. The molecule has 34 heavy (non-hydrogen) atoms. The Morgan fingerprint density at radius 2 is 1.82 bits per heavy atom. The number of nitrogens with zero attached hydrogens (tertiary/aromatic N) is 2. The number of nitrogens with one attached hydrogen (secondary N) is 2. The molecule has 0 saturated carbocycles. The Kier molecular flexibility index (Phi) is 5.93. The van der Waals surface area contributed by atoms with Crippen molar-refractivity contribution in [3.05, 3.63) is 78.4 Å². The van der Waals surface area contributed by atoms with E-state index in [1.807, 2.05) is 49.4 Å². The second kappa shape index (κ2) is 9.04. The van der Waals surface area contributed by atoms with Gasteiger partial charge in [0.05, 0.1) is 15.9 Å². The Morgan fingerprint density at radius 1 is 1.03 bits per heavy atom. The van der Waals surface area contributed by atoms with Crippen LogP contribution in [0.3, 0.4) is 0 Å². The minimum absolute atomic E-state index is 0.0132. The number of para-hydroxylation sites is 2. The topological polar surface area (TPSA) is 95.2 Å². The third-order valence-electron chi connectivity index (χ3n) is 6.25. The highest BCUT2D eigenvalue weighted by atomic mass is 32.2. The molecule has 0 spiro atoms. The van der Waals surface area contributed by atoms with E-state index in [-0.39, 0.29) is 16.8 Å². The fourth-order valence-electron chi connectivity index (χ4n) is 4.38. The predicted octanol–water partition coefficient (Wildman–Crippen LogP) is 5.05. The predicted molar refractivity (Wildman–Crippen MR) is 133 cm³/mol. The average molecular weight is 475 g/mol. The van der Waals surface area contributed by atoms with E-state index in [0.29, 0.717) is 17.8 Å². The average Bonchev–Trinajstić information content (AvgIpc) is 3.29. The van der Waals surface area contributed by atoms with E-state index >= 15 is 0 Å². The molecular weight excluding hydrogens is 448 g/mol. The minimum Gasteiger partial charge on any atom is -0.338 e. The van der Waals surface area contributed by atoms with E-state index < -0.39 is 10.0 Å². The number of aromatic amines is 1. The van der Waals surface area contributed by atoms with Crippen LogP contribution in [0.25, 0.3) is 22.4 Å². The van der Waals surface area contributed by atoms with Crippen molar-refractivity contribution in [2.45, 2.75) is 37.1 Å². The first-order chi connectivity index (χ1) is 16.4. The van der Waals surface area contributed by atoms with Gasteiger partial charge in [0.15, 0.2) is 0 Å². The Balaban J connectivity index is 1.32. The van der Waals surface area contributed by atoms with Gasteiger partial charge in [-0.1, -0.05) is 30.7 Å². The molecule has 0 bridgehead atoms. The summed E-state index contributed by atoms with van der Waals surface area (Å²) >= 11 is 0. The van der Waals surface area contributed by atoms with Crippen LogP contribution < -0.4 is 5.32 Å². The third kappa shape index (κ3) is 4.34. The van der Waals surface area contributed by atoms with E-state index in [1.165, 1.54) is 12.1 Å². The standard InChI is InChI=1S/C26H26N4O3S/c1-18-7-4-5-16-30(18)34(32,33)22-14-12-19(13-15-22)26(31)27-21-9-6-8-20(17-21)25-28-23-10-2-3-11-24(23)29-25/h2-3,6,8-15,17-18H,4-5,7,16H2,1H3,(H,27,31)(H,28,29)/t18-/m1/s1. The minimum atomic E-state index is -3.57. The number of benzene rings is 3. The molecule has 1 atom stereocenters. The molecule has 2 N–H and O–H groups in total.